The molecule has 0 spiro atoms. The van der Waals surface area contributed by atoms with Crippen LogP contribution in [0, 0.1) is 0 Å². The van der Waals surface area contributed by atoms with Crippen molar-refractivity contribution in [1.29, 1.82) is 0 Å². The summed E-state index contributed by atoms with van der Waals surface area (Å²) in [6.07, 6.45) is 0.737. The molecule has 1 aliphatic rings. The summed E-state index contributed by atoms with van der Waals surface area (Å²) in [6.45, 7) is 0.819. The summed E-state index contributed by atoms with van der Waals surface area (Å²) in [6, 6.07) is 6.40. The maximum absolute atomic E-state index is 12.6. The summed E-state index contributed by atoms with van der Waals surface area (Å²) in [5.41, 5.74) is -0.0752. The molecule has 0 aliphatic carbocycles. The fourth-order valence-electron chi connectivity index (χ4n) is 2.76. The van der Waals surface area contributed by atoms with Gasteiger partial charge in [0.05, 0.1) is 12.0 Å². The van der Waals surface area contributed by atoms with Gasteiger partial charge in [-0.2, -0.15) is 0 Å². The van der Waals surface area contributed by atoms with Crippen molar-refractivity contribution in [3.63, 3.8) is 0 Å². The molecular weight excluding hydrogens is 312 g/mol. The molecular formula is C17H22N2O5. The Balaban J connectivity index is 2.19. The number of carbonyl (C=O) groups is 3. The molecule has 2 N–H and O–H groups in total. The van der Waals surface area contributed by atoms with E-state index in [9.17, 15) is 14.4 Å². The van der Waals surface area contributed by atoms with Crippen LogP contribution in [0.25, 0.3) is 0 Å². The van der Waals surface area contributed by atoms with Gasteiger partial charge in [-0.3, -0.25) is 14.4 Å². The third-order valence-corrected chi connectivity index (χ3v) is 4.10. The fraction of sp³-hybridized carbons (Fsp3) is 0.471. The van der Waals surface area contributed by atoms with Crippen molar-refractivity contribution >= 4 is 17.8 Å². The van der Waals surface area contributed by atoms with Crippen LogP contribution in [0.4, 0.5) is 0 Å². The highest BCUT2D eigenvalue weighted by Crippen LogP contribution is 2.25. The average molecular weight is 334 g/mol. The lowest BCUT2D eigenvalue weighted by atomic mass is 9.86. The highest BCUT2D eigenvalue weighted by Gasteiger charge is 2.36. The van der Waals surface area contributed by atoms with Crippen LogP contribution in [-0.4, -0.2) is 60.6 Å². The normalized spacial score (nSPS) is 16.2. The van der Waals surface area contributed by atoms with Gasteiger partial charge in [-0.15, -0.1) is 0 Å². The van der Waals surface area contributed by atoms with Crippen molar-refractivity contribution in [2.24, 2.45) is 0 Å². The molecule has 1 heterocycles. The van der Waals surface area contributed by atoms with E-state index in [1.165, 1.54) is 11.0 Å². The van der Waals surface area contributed by atoms with Crippen LogP contribution in [0.1, 0.15) is 40.0 Å². The monoisotopic (exact) mass is 334 g/mol. The summed E-state index contributed by atoms with van der Waals surface area (Å²) in [7, 11) is 3.28. The topological polar surface area (TPSA) is 95.9 Å². The van der Waals surface area contributed by atoms with E-state index in [0.29, 0.717) is 37.2 Å². The Bertz CT molecular complexity index is 636. The summed E-state index contributed by atoms with van der Waals surface area (Å²) < 4.78 is 5.28. The standard InChI is InChI=1S/C17H22N2O5/c1-19(2)16(23)13-5-3-4-12(10-13)15(22)18-17(11-14(20)21)6-8-24-9-7-17/h3-5,10H,6-9,11H2,1-2H3,(H,18,22)(H,20,21). The van der Waals surface area contributed by atoms with Crippen molar-refractivity contribution in [3.8, 4) is 0 Å². The molecule has 1 aromatic rings. The summed E-state index contributed by atoms with van der Waals surface area (Å²) in [5.74, 6) is -1.55. The summed E-state index contributed by atoms with van der Waals surface area (Å²) >= 11 is 0. The van der Waals surface area contributed by atoms with Crippen LogP contribution in [0.3, 0.4) is 0 Å². The van der Waals surface area contributed by atoms with E-state index in [-0.39, 0.29) is 18.2 Å². The summed E-state index contributed by atoms with van der Waals surface area (Å²) in [5, 5.41) is 12.0. The van der Waals surface area contributed by atoms with E-state index in [0.717, 1.165) is 0 Å². The van der Waals surface area contributed by atoms with E-state index < -0.39 is 11.5 Å². The predicted molar refractivity (Wildman–Crippen MR) is 87.0 cm³/mol. The zero-order valence-electron chi connectivity index (χ0n) is 13.9. The number of carbonyl (C=O) groups excluding carboxylic acids is 2. The number of carboxylic acid groups (broad SMARTS) is 1. The van der Waals surface area contributed by atoms with Gasteiger partial charge < -0.3 is 20.1 Å². The first-order valence-electron chi connectivity index (χ1n) is 7.77. The minimum absolute atomic E-state index is 0.154. The maximum Gasteiger partial charge on any atom is 0.305 e. The Labute approximate surface area is 140 Å². The third-order valence-electron chi connectivity index (χ3n) is 4.10. The number of benzene rings is 1. The molecule has 1 aromatic carbocycles. The van der Waals surface area contributed by atoms with Gasteiger partial charge >= 0.3 is 5.97 Å². The van der Waals surface area contributed by atoms with E-state index in [2.05, 4.69) is 5.32 Å². The third kappa shape index (κ3) is 4.32. The van der Waals surface area contributed by atoms with E-state index in [1.54, 1.807) is 32.3 Å². The highest BCUT2D eigenvalue weighted by molar-refractivity contribution is 5.99. The van der Waals surface area contributed by atoms with Crippen LogP contribution < -0.4 is 5.32 Å². The Morgan fingerprint density at radius 2 is 1.83 bits per heavy atom. The van der Waals surface area contributed by atoms with Gasteiger partial charge in [0.1, 0.15) is 0 Å². The molecule has 0 unspecified atom stereocenters. The van der Waals surface area contributed by atoms with Gasteiger partial charge in [0.25, 0.3) is 11.8 Å². The van der Waals surface area contributed by atoms with Crippen LogP contribution in [0.5, 0.6) is 0 Å². The average Bonchev–Trinajstić information content (AvgIpc) is 2.54. The molecule has 1 fully saturated rings. The fourth-order valence-corrected chi connectivity index (χ4v) is 2.76. The minimum atomic E-state index is -0.964. The second kappa shape index (κ2) is 7.44. The van der Waals surface area contributed by atoms with Crippen molar-refractivity contribution < 1.29 is 24.2 Å². The van der Waals surface area contributed by atoms with E-state index in [1.807, 2.05) is 0 Å². The minimum Gasteiger partial charge on any atom is -0.481 e. The zero-order valence-corrected chi connectivity index (χ0v) is 13.9. The van der Waals surface area contributed by atoms with Crippen LogP contribution in [0.2, 0.25) is 0 Å². The first-order valence-corrected chi connectivity index (χ1v) is 7.77. The predicted octanol–water partition coefficient (Wildman–Crippen LogP) is 1.14. The van der Waals surface area contributed by atoms with Gasteiger partial charge in [-0.05, 0) is 31.0 Å². The number of nitrogens with one attached hydrogen (secondary N) is 1. The molecule has 2 rings (SSSR count). The van der Waals surface area contributed by atoms with Crippen molar-refractivity contribution in [1.82, 2.24) is 10.2 Å². The Morgan fingerprint density at radius 3 is 2.42 bits per heavy atom. The first kappa shape index (κ1) is 17.9. The second-order valence-electron chi connectivity index (χ2n) is 6.20. The van der Waals surface area contributed by atoms with Gasteiger partial charge in [-0.1, -0.05) is 6.07 Å². The number of aliphatic carboxylic acids is 1. The van der Waals surface area contributed by atoms with Crippen LogP contribution >= 0.6 is 0 Å². The lowest BCUT2D eigenvalue weighted by Gasteiger charge is -2.36. The molecule has 1 aliphatic heterocycles. The molecule has 0 saturated carbocycles. The number of ether oxygens (including phenoxy) is 1. The number of hydrogen-bond donors (Lipinski definition) is 2. The van der Waals surface area contributed by atoms with Crippen LogP contribution in [0.15, 0.2) is 24.3 Å². The van der Waals surface area contributed by atoms with E-state index in [4.69, 9.17) is 9.84 Å². The molecule has 7 nitrogen and oxygen atoms in total. The SMILES string of the molecule is CN(C)C(=O)c1cccc(C(=O)NC2(CC(=O)O)CCOCC2)c1. The van der Waals surface area contributed by atoms with Crippen molar-refractivity contribution in [2.75, 3.05) is 27.3 Å². The number of rotatable bonds is 5. The molecule has 0 atom stereocenters. The molecule has 7 heteroatoms. The molecule has 0 radical (unpaired) electrons. The highest BCUT2D eigenvalue weighted by atomic mass is 16.5. The Hall–Kier alpha value is -2.41. The van der Waals surface area contributed by atoms with Gasteiger partial charge in [0.15, 0.2) is 0 Å². The zero-order chi connectivity index (χ0) is 17.7. The first-order chi connectivity index (χ1) is 11.3. The molecule has 130 valence electrons. The number of hydrogen-bond acceptors (Lipinski definition) is 4. The molecule has 2 amide bonds. The Morgan fingerprint density at radius 1 is 1.21 bits per heavy atom. The summed E-state index contributed by atoms with van der Waals surface area (Å²) in [4.78, 5) is 37.2. The largest absolute Gasteiger partial charge is 0.481 e. The lowest BCUT2D eigenvalue weighted by Crippen LogP contribution is -2.53. The van der Waals surface area contributed by atoms with Gasteiger partial charge in [0, 0.05) is 38.4 Å². The van der Waals surface area contributed by atoms with E-state index >= 15 is 0 Å². The second-order valence-corrected chi connectivity index (χ2v) is 6.20. The van der Waals surface area contributed by atoms with Crippen molar-refractivity contribution in [2.45, 2.75) is 24.8 Å². The molecule has 1 saturated heterocycles. The lowest BCUT2D eigenvalue weighted by molar-refractivity contribution is -0.139. The van der Waals surface area contributed by atoms with Gasteiger partial charge in [0.2, 0.25) is 0 Å². The Kier molecular flexibility index (Phi) is 5.56. The van der Waals surface area contributed by atoms with Crippen molar-refractivity contribution in [3.05, 3.63) is 35.4 Å². The molecule has 24 heavy (non-hydrogen) atoms. The smallest absolute Gasteiger partial charge is 0.305 e. The molecule has 0 aromatic heterocycles. The van der Waals surface area contributed by atoms with Crippen LogP contribution in [-0.2, 0) is 9.53 Å². The molecule has 0 bridgehead atoms. The van der Waals surface area contributed by atoms with Gasteiger partial charge in [-0.25, -0.2) is 0 Å². The number of carboxylic acids is 1. The number of amides is 2. The number of nitrogens with zero attached hydrogens (tertiary/aromatic N) is 1. The maximum atomic E-state index is 12.6. The quantitative estimate of drug-likeness (QED) is 0.842.